The fraction of sp³-hybridized carbons (Fsp3) is 1.00. The first-order valence-corrected chi connectivity index (χ1v) is 5.55. The average Bonchev–Trinajstić information content (AvgIpc) is 2.55. The molecule has 1 fully saturated rings. The number of hydrogen-bond donors (Lipinski definition) is 1. The summed E-state index contributed by atoms with van der Waals surface area (Å²) in [6, 6.07) is 0. The molecular weight excluding hydrogens is 164 g/mol. The van der Waals surface area contributed by atoms with Crippen LogP contribution in [0.1, 0.15) is 45.4 Å². The lowest BCUT2D eigenvalue weighted by Crippen LogP contribution is -2.08. The minimum Gasteiger partial charge on any atom is -0.393 e. The van der Waals surface area contributed by atoms with Gasteiger partial charge in [-0.15, -0.1) is 0 Å². The number of ether oxygens (including phenoxy) is 1. The van der Waals surface area contributed by atoms with Crippen molar-refractivity contribution in [2.45, 2.75) is 51.6 Å². The maximum absolute atomic E-state index is 9.01. The highest BCUT2D eigenvalue weighted by molar-refractivity contribution is 4.66. The van der Waals surface area contributed by atoms with Crippen LogP contribution in [0.3, 0.4) is 0 Å². The first kappa shape index (κ1) is 11.0. The highest BCUT2D eigenvalue weighted by Gasteiger charge is 2.14. The van der Waals surface area contributed by atoms with Gasteiger partial charge in [-0.25, -0.2) is 0 Å². The van der Waals surface area contributed by atoms with Crippen LogP contribution in [0.25, 0.3) is 0 Å². The standard InChI is InChI=1S/C11H22O2/c1-10(12)5-4-8-13-9-11-6-2-3-7-11/h10-12H,2-9H2,1H3. The van der Waals surface area contributed by atoms with E-state index >= 15 is 0 Å². The summed E-state index contributed by atoms with van der Waals surface area (Å²) < 4.78 is 5.56. The van der Waals surface area contributed by atoms with Gasteiger partial charge in [0.05, 0.1) is 6.10 Å². The zero-order valence-corrected chi connectivity index (χ0v) is 8.67. The summed E-state index contributed by atoms with van der Waals surface area (Å²) in [4.78, 5) is 0. The van der Waals surface area contributed by atoms with E-state index in [2.05, 4.69) is 0 Å². The van der Waals surface area contributed by atoms with Crippen LogP contribution in [-0.2, 0) is 4.74 Å². The van der Waals surface area contributed by atoms with Gasteiger partial charge in [0.1, 0.15) is 0 Å². The molecule has 0 saturated heterocycles. The minimum atomic E-state index is -0.171. The molecular formula is C11H22O2. The van der Waals surface area contributed by atoms with E-state index in [1.54, 1.807) is 0 Å². The van der Waals surface area contributed by atoms with Crippen molar-refractivity contribution in [3.8, 4) is 0 Å². The van der Waals surface area contributed by atoms with Crippen molar-refractivity contribution in [2.75, 3.05) is 13.2 Å². The van der Waals surface area contributed by atoms with Gasteiger partial charge >= 0.3 is 0 Å². The Hall–Kier alpha value is -0.0800. The molecule has 0 spiro atoms. The number of aliphatic hydroxyl groups is 1. The lowest BCUT2D eigenvalue weighted by Gasteiger charge is -2.10. The van der Waals surface area contributed by atoms with Gasteiger partial charge in [0, 0.05) is 13.2 Å². The molecule has 0 aromatic carbocycles. The Labute approximate surface area is 81.3 Å². The van der Waals surface area contributed by atoms with Crippen molar-refractivity contribution in [3.63, 3.8) is 0 Å². The maximum Gasteiger partial charge on any atom is 0.0513 e. The SMILES string of the molecule is CC(O)CCCOCC1CCCC1. The van der Waals surface area contributed by atoms with Crippen LogP contribution in [0.15, 0.2) is 0 Å². The maximum atomic E-state index is 9.01. The van der Waals surface area contributed by atoms with Crippen LogP contribution in [-0.4, -0.2) is 24.4 Å². The quantitative estimate of drug-likeness (QED) is 0.645. The van der Waals surface area contributed by atoms with E-state index in [4.69, 9.17) is 9.84 Å². The van der Waals surface area contributed by atoms with E-state index in [1.165, 1.54) is 25.7 Å². The van der Waals surface area contributed by atoms with Crippen molar-refractivity contribution in [1.29, 1.82) is 0 Å². The van der Waals surface area contributed by atoms with Crippen LogP contribution < -0.4 is 0 Å². The summed E-state index contributed by atoms with van der Waals surface area (Å²) >= 11 is 0. The molecule has 1 rings (SSSR count). The van der Waals surface area contributed by atoms with E-state index < -0.39 is 0 Å². The predicted octanol–water partition coefficient (Wildman–Crippen LogP) is 2.35. The lowest BCUT2D eigenvalue weighted by atomic mass is 10.1. The summed E-state index contributed by atoms with van der Waals surface area (Å²) in [6.07, 6.45) is 7.18. The highest BCUT2D eigenvalue weighted by atomic mass is 16.5. The minimum absolute atomic E-state index is 0.171. The third-order valence-corrected chi connectivity index (χ3v) is 2.74. The molecule has 1 unspecified atom stereocenters. The van der Waals surface area contributed by atoms with E-state index in [0.717, 1.165) is 32.0 Å². The first-order valence-electron chi connectivity index (χ1n) is 5.55. The molecule has 0 radical (unpaired) electrons. The van der Waals surface area contributed by atoms with Crippen molar-refractivity contribution >= 4 is 0 Å². The molecule has 0 aliphatic heterocycles. The molecule has 1 atom stereocenters. The topological polar surface area (TPSA) is 29.5 Å². The van der Waals surface area contributed by atoms with Crippen LogP contribution >= 0.6 is 0 Å². The summed E-state index contributed by atoms with van der Waals surface area (Å²) in [6.45, 7) is 3.60. The smallest absolute Gasteiger partial charge is 0.0513 e. The molecule has 2 heteroatoms. The van der Waals surface area contributed by atoms with Crippen molar-refractivity contribution < 1.29 is 9.84 Å². The Morgan fingerprint density at radius 2 is 2.08 bits per heavy atom. The molecule has 0 amide bonds. The average molecular weight is 186 g/mol. The van der Waals surface area contributed by atoms with Crippen LogP contribution in [0.5, 0.6) is 0 Å². The molecule has 0 aromatic rings. The van der Waals surface area contributed by atoms with Gasteiger partial charge in [0.15, 0.2) is 0 Å². The molecule has 0 bridgehead atoms. The monoisotopic (exact) mass is 186 g/mol. The predicted molar refractivity (Wildman–Crippen MR) is 53.7 cm³/mol. The zero-order chi connectivity index (χ0) is 9.52. The van der Waals surface area contributed by atoms with Gasteiger partial charge in [-0.05, 0) is 38.5 Å². The first-order chi connectivity index (χ1) is 6.29. The third-order valence-electron chi connectivity index (χ3n) is 2.74. The molecule has 1 N–H and O–H groups in total. The van der Waals surface area contributed by atoms with E-state index in [-0.39, 0.29) is 6.10 Å². The number of hydrogen-bond acceptors (Lipinski definition) is 2. The molecule has 2 nitrogen and oxygen atoms in total. The Morgan fingerprint density at radius 1 is 1.38 bits per heavy atom. The van der Waals surface area contributed by atoms with Crippen molar-refractivity contribution in [2.24, 2.45) is 5.92 Å². The molecule has 78 valence electrons. The number of rotatable bonds is 6. The molecule has 0 heterocycles. The largest absolute Gasteiger partial charge is 0.393 e. The van der Waals surface area contributed by atoms with Gasteiger partial charge in [-0.1, -0.05) is 12.8 Å². The second-order valence-electron chi connectivity index (χ2n) is 4.22. The van der Waals surface area contributed by atoms with Gasteiger partial charge in [0.25, 0.3) is 0 Å². The van der Waals surface area contributed by atoms with E-state index in [1.807, 2.05) is 6.92 Å². The normalized spacial score (nSPS) is 20.8. The molecule has 1 aliphatic carbocycles. The molecule has 13 heavy (non-hydrogen) atoms. The summed E-state index contributed by atoms with van der Waals surface area (Å²) in [5.41, 5.74) is 0. The van der Waals surface area contributed by atoms with E-state index in [0.29, 0.717) is 0 Å². The molecule has 1 aliphatic rings. The number of aliphatic hydroxyl groups excluding tert-OH is 1. The summed E-state index contributed by atoms with van der Waals surface area (Å²) in [7, 11) is 0. The van der Waals surface area contributed by atoms with Gasteiger partial charge < -0.3 is 9.84 Å². The Morgan fingerprint density at radius 3 is 2.69 bits per heavy atom. The van der Waals surface area contributed by atoms with Gasteiger partial charge in [0.2, 0.25) is 0 Å². The van der Waals surface area contributed by atoms with Crippen LogP contribution in [0, 0.1) is 5.92 Å². The highest BCUT2D eigenvalue weighted by Crippen LogP contribution is 2.24. The molecule has 1 saturated carbocycles. The summed E-state index contributed by atoms with van der Waals surface area (Å²) in [5.74, 6) is 0.826. The Bertz CT molecular complexity index is 117. The summed E-state index contributed by atoms with van der Waals surface area (Å²) in [5, 5.41) is 9.01. The van der Waals surface area contributed by atoms with Crippen molar-refractivity contribution in [1.82, 2.24) is 0 Å². The van der Waals surface area contributed by atoms with Gasteiger partial charge in [-0.2, -0.15) is 0 Å². The third kappa shape index (κ3) is 5.27. The fourth-order valence-corrected chi connectivity index (χ4v) is 1.91. The lowest BCUT2D eigenvalue weighted by molar-refractivity contribution is 0.0871. The zero-order valence-electron chi connectivity index (χ0n) is 8.67. The van der Waals surface area contributed by atoms with Crippen LogP contribution in [0.4, 0.5) is 0 Å². The fourth-order valence-electron chi connectivity index (χ4n) is 1.91. The van der Waals surface area contributed by atoms with Crippen molar-refractivity contribution in [3.05, 3.63) is 0 Å². The Balaban J connectivity index is 1.83. The second kappa shape index (κ2) is 6.39. The molecule has 0 aromatic heterocycles. The van der Waals surface area contributed by atoms with E-state index in [9.17, 15) is 0 Å². The van der Waals surface area contributed by atoms with Crippen LogP contribution in [0.2, 0.25) is 0 Å². The second-order valence-corrected chi connectivity index (χ2v) is 4.22. The van der Waals surface area contributed by atoms with Gasteiger partial charge in [-0.3, -0.25) is 0 Å². The Kier molecular flexibility index (Phi) is 5.40.